The Morgan fingerprint density at radius 3 is 2.55 bits per heavy atom. The van der Waals surface area contributed by atoms with Gasteiger partial charge in [-0.1, -0.05) is 42.5 Å². The molecule has 0 saturated heterocycles. The zero-order valence-electron chi connectivity index (χ0n) is 16.2. The molecular formula is C23H21NO4S. The molecule has 29 heavy (non-hydrogen) atoms. The first kappa shape index (κ1) is 19.1. The number of para-hydroxylation sites is 1. The van der Waals surface area contributed by atoms with Gasteiger partial charge >= 0.3 is 0 Å². The molecule has 5 nitrogen and oxygen atoms in total. The lowest BCUT2D eigenvalue weighted by Crippen LogP contribution is -2.09. The number of anilines is 1. The Bertz CT molecular complexity index is 1200. The van der Waals surface area contributed by atoms with Crippen molar-refractivity contribution < 1.29 is 17.9 Å². The summed E-state index contributed by atoms with van der Waals surface area (Å²) in [6.07, 6.45) is 3.18. The highest BCUT2D eigenvalue weighted by Crippen LogP contribution is 2.40. The number of hydrogen-bond donors (Lipinski definition) is 1. The third kappa shape index (κ3) is 4.12. The van der Waals surface area contributed by atoms with Crippen LogP contribution >= 0.6 is 0 Å². The van der Waals surface area contributed by atoms with E-state index in [0.717, 1.165) is 45.6 Å². The quantitative estimate of drug-likeness (QED) is 0.689. The molecule has 0 atom stereocenters. The molecule has 1 aliphatic rings. The molecule has 1 N–H and O–H groups in total. The van der Waals surface area contributed by atoms with E-state index in [1.54, 1.807) is 13.2 Å². The molecule has 0 saturated carbocycles. The molecule has 3 aromatic rings. The van der Waals surface area contributed by atoms with Gasteiger partial charge in [0.25, 0.3) is 0 Å². The van der Waals surface area contributed by atoms with E-state index in [0.29, 0.717) is 12.3 Å². The van der Waals surface area contributed by atoms with Crippen molar-refractivity contribution in [3.8, 4) is 11.5 Å². The fraction of sp³-hybridized carbons (Fsp3) is 0.130. The van der Waals surface area contributed by atoms with Crippen LogP contribution in [0.1, 0.15) is 22.3 Å². The van der Waals surface area contributed by atoms with Gasteiger partial charge in [0, 0.05) is 16.8 Å². The highest BCUT2D eigenvalue weighted by atomic mass is 32.2. The highest BCUT2D eigenvalue weighted by Gasteiger charge is 2.21. The molecule has 1 heterocycles. The van der Waals surface area contributed by atoms with E-state index in [9.17, 15) is 8.42 Å². The molecular weight excluding hydrogens is 386 g/mol. The molecule has 0 radical (unpaired) electrons. The maximum absolute atomic E-state index is 11.6. The predicted octanol–water partition coefficient (Wildman–Crippen LogP) is 4.55. The lowest BCUT2D eigenvalue weighted by Gasteiger charge is -2.13. The number of nitrogens with one attached hydrogen (secondary N) is 1. The molecule has 0 spiro atoms. The van der Waals surface area contributed by atoms with Crippen LogP contribution in [-0.4, -0.2) is 21.8 Å². The summed E-state index contributed by atoms with van der Waals surface area (Å²) >= 11 is 0. The van der Waals surface area contributed by atoms with E-state index in [1.807, 2.05) is 66.7 Å². The summed E-state index contributed by atoms with van der Waals surface area (Å²) in [6, 6.07) is 21.1. The normalized spacial score (nSPS) is 14.3. The van der Waals surface area contributed by atoms with Gasteiger partial charge in [0.2, 0.25) is 10.0 Å². The van der Waals surface area contributed by atoms with Crippen LogP contribution in [0.3, 0.4) is 0 Å². The van der Waals surface area contributed by atoms with Crippen molar-refractivity contribution in [3.63, 3.8) is 0 Å². The molecule has 0 unspecified atom stereocenters. The van der Waals surface area contributed by atoms with Crippen LogP contribution in [-0.2, 0) is 16.6 Å². The Hall–Kier alpha value is -3.25. The van der Waals surface area contributed by atoms with Crippen molar-refractivity contribution in [2.24, 2.45) is 0 Å². The number of benzene rings is 3. The van der Waals surface area contributed by atoms with Gasteiger partial charge in [-0.2, -0.15) is 0 Å². The van der Waals surface area contributed by atoms with E-state index in [4.69, 9.17) is 9.47 Å². The average molecular weight is 407 g/mol. The first-order chi connectivity index (χ1) is 13.9. The van der Waals surface area contributed by atoms with Gasteiger partial charge in [-0.25, -0.2) is 8.42 Å². The Labute approximate surface area is 170 Å². The minimum absolute atomic E-state index is 0.406. The minimum Gasteiger partial charge on any atom is -0.496 e. The van der Waals surface area contributed by atoms with Crippen LogP contribution in [0.2, 0.25) is 0 Å². The standard InChI is InChI=1S/C23H21NO4S/c1-27-22-12-6-10-18-20(19-9-3-4-11-23(19)28-15-21(18)22)14-16-7-5-8-17(13-16)24-29(2,25)26/h3-14,24H,15H2,1-2H3/b20-14-. The fourth-order valence-electron chi connectivity index (χ4n) is 3.50. The zero-order chi connectivity index (χ0) is 20.4. The van der Waals surface area contributed by atoms with E-state index >= 15 is 0 Å². The summed E-state index contributed by atoms with van der Waals surface area (Å²) in [7, 11) is -1.70. The van der Waals surface area contributed by atoms with E-state index in [2.05, 4.69) is 4.72 Å². The Balaban J connectivity index is 1.90. The second-order valence-electron chi connectivity index (χ2n) is 6.83. The number of hydrogen-bond acceptors (Lipinski definition) is 4. The van der Waals surface area contributed by atoms with Crippen molar-refractivity contribution in [1.29, 1.82) is 0 Å². The molecule has 0 aromatic heterocycles. The average Bonchev–Trinajstić information content (AvgIpc) is 2.84. The van der Waals surface area contributed by atoms with Crippen LogP contribution in [0, 0.1) is 0 Å². The summed E-state index contributed by atoms with van der Waals surface area (Å²) in [5.74, 6) is 1.57. The lowest BCUT2D eigenvalue weighted by atomic mass is 9.92. The van der Waals surface area contributed by atoms with Gasteiger partial charge in [0.1, 0.15) is 18.1 Å². The lowest BCUT2D eigenvalue weighted by molar-refractivity contribution is 0.298. The summed E-state index contributed by atoms with van der Waals surface area (Å²) in [4.78, 5) is 0. The highest BCUT2D eigenvalue weighted by molar-refractivity contribution is 7.92. The topological polar surface area (TPSA) is 64.6 Å². The number of rotatable bonds is 4. The molecule has 0 bridgehead atoms. The van der Waals surface area contributed by atoms with Gasteiger partial charge in [-0.15, -0.1) is 0 Å². The molecule has 148 valence electrons. The maximum atomic E-state index is 11.6. The summed E-state index contributed by atoms with van der Waals surface area (Å²) in [5, 5.41) is 0. The smallest absolute Gasteiger partial charge is 0.229 e. The van der Waals surface area contributed by atoms with Crippen molar-refractivity contribution in [3.05, 3.63) is 89.0 Å². The fourth-order valence-corrected chi connectivity index (χ4v) is 4.05. The minimum atomic E-state index is -3.35. The van der Waals surface area contributed by atoms with Gasteiger partial charge in [-0.3, -0.25) is 4.72 Å². The molecule has 1 aliphatic heterocycles. The first-order valence-electron chi connectivity index (χ1n) is 9.12. The van der Waals surface area contributed by atoms with E-state index in [1.165, 1.54) is 0 Å². The molecule has 3 aromatic carbocycles. The van der Waals surface area contributed by atoms with Gasteiger partial charge in [0.05, 0.1) is 13.4 Å². The Kier molecular flexibility index (Phi) is 5.03. The van der Waals surface area contributed by atoms with E-state index < -0.39 is 10.0 Å². The summed E-state index contributed by atoms with van der Waals surface area (Å²) < 4.78 is 37.3. The summed E-state index contributed by atoms with van der Waals surface area (Å²) in [6.45, 7) is 0.406. The number of sulfonamides is 1. The van der Waals surface area contributed by atoms with Crippen LogP contribution in [0.4, 0.5) is 5.69 Å². The largest absolute Gasteiger partial charge is 0.496 e. The van der Waals surface area contributed by atoms with Crippen LogP contribution in [0.15, 0.2) is 66.7 Å². The second kappa shape index (κ2) is 7.64. The Morgan fingerprint density at radius 1 is 1.00 bits per heavy atom. The predicted molar refractivity (Wildman–Crippen MR) is 116 cm³/mol. The van der Waals surface area contributed by atoms with Crippen LogP contribution in [0.25, 0.3) is 11.6 Å². The van der Waals surface area contributed by atoms with Crippen molar-refractivity contribution in [1.82, 2.24) is 0 Å². The molecule has 0 fully saturated rings. The van der Waals surface area contributed by atoms with Crippen molar-refractivity contribution in [2.45, 2.75) is 6.61 Å². The van der Waals surface area contributed by atoms with Crippen molar-refractivity contribution in [2.75, 3.05) is 18.1 Å². The van der Waals surface area contributed by atoms with E-state index in [-0.39, 0.29) is 0 Å². The number of fused-ring (bicyclic) bond motifs is 2. The molecule has 4 rings (SSSR count). The monoisotopic (exact) mass is 407 g/mol. The molecule has 0 aliphatic carbocycles. The van der Waals surface area contributed by atoms with Gasteiger partial charge in [-0.05, 0) is 47.0 Å². The maximum Gasteiger partial charge on any atom is 0.229 e. The number of methoxy groups -OCH3 is 1. The van der Waals surface area contributed by atoms with Gasteiger partial charge in [0.15, 0.2) is 0 Å². The SMILES string of the molecule is COc1cccc2c1COc1ccccc1/C2=C\c1cccc(NS(C)(=O)=O)c1. The third-order valence-corrected chi connectivity index (χ3v) is 5.30. The zero-order valence-corrected chi connectivity index (χ0v) is 17.0. The summed E-state index contributed by atoms with van der Waals surface area (Å²) in [5.41, 5.74) is 5.35. The Morgan fingerprint density at radius 2 is 1.76 bits per heavy atom. The van der Waals surface area contributed by atoms with Crippen LogP contribution < -0.4 is 14.2 Å². The number of ether oxygens (including phenoxy) is 2. The first-order valence-corrected chi connectivity index (χ1v) is 11.0. The molecule has 6 heteroatoms. The van der Waals surface area contributed by atoms with Crippen LogP contribution in [0.5, 0.6) is 11.5 Å². The third-order valence-electron chi connectivity index (χ3n) is 4.69. The van der Waals surface area contributed by atoms with Gasteiger partial charge < -0.3 is 9.47 Å². The second-order valence-corrected chi connectivity index (χ2v) is 8.58. The van der Waals surface area contributed by atoms with Crippen molar-refractivity contribution >= 4 is 27.4 Å². The molecule has 0 amide bonds.